The average Bonchev–Trinajstić information content (AvgIpc) is 3.68. The van der Waals surface area contributed by atoms with Crippen molar-refractivity contribution in [2.45, 2.75) is 83.7 Å². The molecule has 2 aliphatic rings. The largest absolute Gasteiger partial charge is 0.335 e. The molecule has 34 heavy (non-hydrogen) atoms. The number of unbranched alkanes of at least 4 members (excludes halogenated alkanes) is 2. The summed E-state index contributed by atoms with van der Waals surface area (Å²) >= 11 is 0. The number of hydrogen-bond acceptors (Lipinski definition) is 9. The van der Waals surface area contributed by atoms with Crippen LogP contribution < -0.4 is 15.8 Å². The van der Waals surface area contributed by atoms with Gasteiger partial charge in [0.05, 0.1) is 12.5 Å². The molecule has 1 aromatic heterocycles. The van der Waals surface area contributed by atoms with E-state index in [1.165, 1.54) is 0 Å². The Morgan fingerprint density at radius 2 is 1.85 bits per heavy atom. The van der Waals surface area contributed by atoms with Crippen LogP contribution >= 0.6 is 0 Å². The number of hydrogen-bond donors (Lipinski definition) is 3. The van der Waals surface area contributed by atoms with Gasteiger partial charge in [-0.05, 0) is 52.2 Å². The Kier molecular flexibility index (Phi) is 9.82. The first kappa shape index (κ1) is 26.1. The number of rotatable bonds is 14. The van der Waals surface area contributed by atoms with Crippen LogP contribution in [0.1, 0.15) is 71.0 Å². The molecule has 1 aromatic rings. The Bertz CT molecular complexity index is 798. The summed E-state index contributed by atoms with van der Waals surface area (Å²) < 4.78 is 0. The first-order valence-electron chi connectivity index (χ1n) is 12.6. The summed E-state index contributed by atoms with van der Waals surface area (Å²) in [6.07, 6.45) is 8.82. The predicted molar refractivity (Wildman–Crippen MR) is 129 cm³/mol. The highest BCUT2D eigenvalue weighted by Gasteiger charge is 2.37. The quantitative estimate of drug-likeness (QED) is 0.160. The summed E-state index contributed by atoms with van der Waals surface area (Å²) in [6, 6.07) is 0.866. The van der Waals surface area contributed by atoms with E-state index in [1.54, 1.807) is 0 Å². The predicted octanol–water partition coefficient (Wildman–Crippen LogP) is 1.98. The lowest BCUT2D eigenvalue weighted by Crippen LogP contribution is -2.46. The van der Waals surface area contributed by atoms with Crippen LogP contribution in [0.5, 0.6) is 0 Å². The molecule has 190 valence electrons. The van der Waals surface area contributed by atoms with E-state index in [-0.39, 0.29) is 12.5 Å². The fourth-order valence-electron chi connectivity index (χ4n) is 4.42. The van der Waals surface area contributed by atoms with E-state index >= 15 is 0 Å². The minimum Gasteiger partial charge on any atom is -0.335 e. The van der Waals surface area contributed by atoms with Gasteiger partial charge in [0.2, 0.25) is 24.2 Å². The normalized spacial score (nSPS) is 17.8. The van der Waals surface area contributed by atoms with Gasteiger partial charge in [0.15, 0.2) is 0 Å². The molecule has 0 aromatic carbocycles. The summed E-state index contributed by atoms with van der Waals surface area (Å²) in [7, 11) is 2.15. The molecule has 1 saturated carbocycles. The molecule has 3 rings (SSSR count). The van der Waals surface area contributed by atoms with Gasteiger partial charge in [-0.1, -0.05) is 33.1 Å². The van der Waals surface area contributed by atoms with E-state index < -0.39 is 5.92 Å². The highest BCUT2D eigenvalue weighted by molar-refractivity contribution is 5.80. The van der Waals surface area contributed by atoms with Gasteiger partial charge in [-0.2, -0.15) is 15.0 Å². The van der Waals surface area contributed by atoms with Crippen LogP contribution in [0.15, 0.2) is 0 Å². The van der Waals surface area contributed by atoms with E-state index in [4.69, 9.17) is 4.98 Å². The van der Waals surface area contributed by atoms with E-state index in [2.05, 4.69) is 44.6 Å². The van der Waals surface area contributed by atoms with Gasteiger partial charge in [-0.15, -0.1) is 0 Å². The molecule has 0 spiro atoms. The second kappa shape index (κ2) is 12.8. The Morgan fingerprint density at radius 1 is 1.15 bits per heavy atom. The number of hydrazine groups is 1. The Hall–Kier alpha value is -2.53. The third kappa shape index (κ3) is 7.49. The molecule has 0 radical (unpaired) electrons. The molecule has 2 fully saturated rings. The lowest BCUT2D eigenvalue weighted by molar-refractivity contribution is -0.154. The van der Waals surface area contributed by atoms with Crippen LogP contribution in [0, 0.1) is 5.92 Å². The summed E-state index contributed by atoms with van der Waals surface area (Å²) in [4.78, 5) is 42.2. The Balaban J connectivity index is 1.70. The number of aromatic nitrogens is 3. The van der Waals surface area contributed by atoms with Crippen LogP contribution in [-0.2, 0) is 16.0 Å². The molecule has 11 heteroatoms. The molecule has 0 unspecified atom stereocenters. The molecule has 11 nitrogen and oxygen atoms in total. The smallest absolute Gasteiger partial charge is 0.246 e. The van der Waals surface area contributed by atoms with Crippen LogP contribution in [0.25, 0.3) is 0 Å². The maximum absolute atomic E-state index is 12.8. The van der Waals surface area contributed by atoms with Crippen molar-refractivity contribution in [2.24, 2.45) is 5.92 Å². The molecule has 3 N–H and O–H groups in total. The monoisotopic (exact) mass is 476 g/mol. The average molecular weight is 477 g/mol. The third-order valence-corrected chi connectivity index (χ3v) is 6.59. The number of nitrogens with one attached hydrogen (secondary N) is 2. The fraction of sp³-hybridized carbons (Fsp3) is 0.783. The van der Waals surface area contributed by atoms with Crippen molar-refractivity contribution >= 4 is 24.2 Å². The topological polar surface area (TPSA) is 127 Å². The van der Waals surface area contributed by atoms with Gasteiger partial charge in [0, 0.05) is 18.5 Å². The first-order valence-corrected chi connectivity index (χ1v) is 12.6. The molecule has 2 amide bonds. The maximum Gasteiger partial charge on any atom is 0.246 e. The van der Waals surface area contributed by atoms with Crippen molar-refractivity contribution in [3.05, 3.63) is 5.82 Å². The number of amides is 2. The number of hydroxylamine groups is 2. The zero-order valence-electron chi connectivity index (χ0n) is 20.7. The highest BCUT2D eigenvalue weighted by Crippen LogP contribution is 2.34. The molecule has 1 atom stereocenters. The molecular formula is C23H40N8O3. The fourth-order valence-corrected chi connectivity index (χ4v) is 4.42. The van der Waals surface area contributed by atoms with Crippen molar-refractivity contribution in [2.75, 3.05) is 37.0 Å². The molecular weight excluding hydrogens is 436 g/mol. The molecule has 1 saturated heterocycles. The third-order valence-electron chi connectivity index (χ3n) is 6.59. The standard InChI is InChI=1S/C23H40N8O3/c1-4-6-7-8-17(15-30(34)16-32)21(33)27-28-22-24-20(5-2)25-23(26-22)31(18-9-10-18)19-11-13-29(3)14-12-19/h16-19,34H,4-15H2,1-3H3,(H,27,33)(H,24,25,26,28)/t17-/m1/s1. The van der Waals surface area contributed by atoms with Crippen molar-refractivity contribution < 1.29 is 14.8 Å². The lowest BCUT2D eigenvalue weighted by atomic mass is 10.0. The van der Waals surface area contributed by atoms with Crippen molar-refractivity contribution in [3.8, 4) is 0 Å². The van der Waals surface area contributed by atoms with Gasteiger partial charge in [0.25, 0.3) is 0 Å². The Morgan fingerprint density at radius 3 is 2.47 bits per heavy atom. The number of carbonyl (C=O) groups is 2. The van der Waals surface area contributed by atoms with Gasteiger partial charge < -0.3 is 9.80 Å². The number of likely N-dealkylation sites (tertiary alicyclic amines) is 1. The van der Waals surface area contributed by atoms with Crippen LogP contribution in [0.4, 0.5) is 11.9 Å². The second-order valence-electron chi connectivity index (χ2n) is 9.44. The molecule has 0 bridgehead atoms. The SMILES string of the molecule is CCCCC[C@H](CN(O)C=O)C(=O)NNc1nc(CC)nc(N(C2CC2)C2CCN(C)CC2)n1. The summed E-state index contributed by atoms with van der Waals surface area (Å²) in [5.41, 5.74) is 5.54. The van der Waals surface area contributed by atoms with Gasteiger partial charge in [-0.3, -0.25) is 25.6 Å². The molecule has 1 aliphatic heterocycles. The van der Waals surface area contributed by atoms with Crippen LogP contribution in [0.3, 0.4) is 0 Å². The molecule has 1 aliphatic carbocycles. The molecule has 2 heterocycles. The summed E-state index contributed by atoms with van der Waals surface area (Å²) in [5, 5.41) is 10.1. The van der Waals surface area contributed by atoms with Crippen molar-refractivity contribution in [3.63, 3.8) is 0 Å². The van der Waals surface area contributed by atoms with Gasteiger partial charge in [-0.25, -0.2) is 5.06 Å². The second-order valence-corrected chi connectivity index (χ2v) is 9.44. The van der Waals surface area contributed by atoms with Gasteiger partial charge >= 0.3 is 0 Å². The lowest BCUT2D eigenvalue weighted by Gasteiger charge is -2.37. The van der Waals surface area contributed by atoms with E-state index in [1.807, 2.05) is 6.92 Å². The van der Waals surface area contributed by atoms with Crippen LogP contribution in [-0.4, -0.2) is 81.2 Å². The first-order chi connectivity index (χ1) is 16.4. The number of piperidine rings is 1. The Labute approximate surface area is 202 Å². The van der Waals surface area contributed by atoms with Crippen molar-refractivity contribution in [1.82, 2.24) is 30.3 Å². The zero-order valence-corrected chi connectivity index (χ0v) is 20.7. The minimum atomic E-state index is -0.539. The van der Waals surface area contributed by atoms with E-state index in [0.29, 0.717) is 54.1 Å². The summed E-state index contributed by atoms with van der Waals surface area (Å²) in [6.45, 7) is 6.14. The zero-order chi connectivity index (χ0) is 24.5. The van der Waals surface area contributed by atoms with Crippen molar-refractivity contribution in [1.29, 1.82) is 0 Å². The van der Waals surface area contributed by atoms with E-state index in [9.17, 15) is 14.8 Å². The summed E-state index contributed by atoms with van der Waals surface area (Å²) in [5.74, 6) is 0.789. The van der Waals surface area contributed by atoms with E-state index in [0.717, 1.165) is 58.0 Å². The number of carbonyl (C=O) groups excluding carboxylic acids is 2. The minimum absolute atomic E-state index is 0.0605. The number of nitrogens with zero attached hydrogens (tertiary/aromatic N) is 6. The maximum atomic E-state index is 12.8. The van der Waals surface area contributed by atoms with Gasteiger partial charge in [0.1, 0.15) is 5.82 Å². The van der Waals surface area contributed by atoms with Crippen LogP contribution in [0.2, 0.25) is 0 Å². The number of aryl methyl sites for hydroxylation is 1. The highest BCUT2D eigenvalue weighted by atomic mass is 16.5. The number of anilines is 2.